The van der Waals surface area contributed by atoms with E-state index in [4.69, 9.17) is 0 Å². The molecule has 0 unspecified atom stereocenters. The van der Waals surface area contributed by atoms with Crippen molar-refractivity contribution in [3.05, 3.63) is 65.2 Å². The van der Waals surface area contributed by atoms with E-state index in [2.05, 4.69) is 5.32 Å². The van der Waals surface area contributed by atoms with E-state index in [1.807, 2.05) is 0 Å². The van der Waals surface area contributed by atoms with Gasteiger partial charge >= 0.3 is 6.18 Å². The van der Waals surface area contributed by atoms with E-state index < -0.39 is 17.8 Å². The summed E-state index contributed by atoms with van der Waals surface area (Å²) in [6.07, 6.45) is -3.09. The Labute approximate surface area is 155 Å². The van der Waals surface area contributed by atoms with Crippen LogP contribution < -0.4 is 10.2 Å². The van der Waals surface area contributed by atoms with Gasteiger partial charge in [-0.1, -0.05) is 12.1 Å². The van der Waals surface area contributed by atoms with Crippen LogP contribution in [0.25, 0.3) is 0 Å². The van der Waals surface area contributed by atoms with Crippen LogP contribution in [0.5, 0.6) is 0 Å². The van der Waals surface area contributed by atoms with Gasteiger partial charge in [-0.25, -0.2) is 0 Å². The molecule has 27 heavy (non-hydrogen) atoms. The first-order chi connectivity index (χ1) is 12.8. The molecule has 1 fully saturated rings. The molecular formula is C20H19F3N2O2. The van der Waals surface area contributed by atoms with Gasteiger partial charge in [0.15, 0.2) is 0 Å². The molecule has 2 aromatic rings. The number of amides is 2. The predicted octanol–water partition coefficient (Wildman–Crippen LogP) is 4.32. The molecule has 0 saturated carbocycles. The maximum Gasteiger partial charge on any atom is 0.416 e. The van der Waals surface area contributed by atoms with E-state index in [-0.39, 0.29) is 11.8 Å². The topological polar surface area (TPSA) is 49.4 Å². The van der Waals surface area contributed by atoms with Crippen molar-refractivity contribution < 1.29 is 22.8 Å². The number of rotatable bonds is 4. The van der Waals surface area contributed by atoms with E-state index in [0.717, 1.165) is 24.2 Å². The maximum absolute atomic E-state index is 12.8. The minimum Gasteiger partial charge on any atom is -0.346 e. The van der Waals surface area contributed by atoms with Crippen LogP contribution in [0, 0.1) is 0 Å². The van der Waals surface area contributed by atoms with Gasteiger partial charge in [-0.3, -0.25) is 9.59 Å². The minimum atomic E-state index is -4.43. The van der Waals surface area contributed by atoms with Gasteiger partial charge in [0.05, 0.1) is 11.6 Å². The number of carbonyl (C=O) groups excluding carboxylic acids is 2. The molecular weight excluding hydrogens is 357 g/mol. The van der Waals surface area contributed by atoms with Crippen LogP contribution in [0.15, 0.2) is 48.5 Å². The van der Waals surface area contributed by atoms with Crippen molar-refractivity contribution in [2.75, 3.05) is 11.4 Å². The Morgan fingerprint density at radius 1 is 1.15 bits per heavy atom. The normalized spacial score (nSPS) is 15.7. The SMILES string of the molecule is C[C@@H](NC(=O)c1ccc(N2CCCC2=O)cc1)c1cccc(C(F)(F)F)c1. The molecule has 7 heteroatoms. The fraction of sp³-hybridized carbons (Fsp3) is 0.300. The summed E-state index contributed by atoms with van der Waals surface area (Å²) >= 11 is 0. The molecule has 1 N–H and O–H groups in total. The van der Waals surface area contributed by atoms with Gasteiger partial charge in [-0.15, -0.1) is 0 Å². The third kappa shape index (κ3) is 4.30. The summed E-state index contributed by atoms with van der Waals surface area (Å²) in [5.74, 6) is -0.329. The van der Waals surface area contributed by atoms with Crippen molar-refractivity contribution in [3.63, 3.8) is 0 Å². The molecule has 2 amide bonds. The number of hydrogen-bond donors (Lipinski definition) is 1. The smallest absolute Gasteiger partial charge is 0.346 e. The lowest BCUT2D eigenvalue weighted by molar-refractivity contribution is -0.137. The predicted molar refractivity (Wildman–Crippen MR) is 95.4 cm³/mol. The lowest BCUT2D eigenvalue weighted by atomic mass is 10.0. The number of alkyl halides is 3. The highest BCUT2D eigenvalue weighted by Gasteiger charge is 2.30. The van der Waals surface area contributed by atoms with Crippen molar-refractivity contribution in [1.29, 1.82) is 0 Å². The maximum atomic E-state index is 12.8. The highest BCUT2D eigenvalue weighted by Crippen LogP contribution is 2.30. The number of halogens is 3. The summed E-state index contributed by atoms with van der Waals surface area (Å²) in [5, 5.41) is 2.70. The second-order valence-electron chi connectivity index (χ2n) is 6.51. The first-order valence-corrected chi connectivity index (χ1v) is 8.64. The Morgan fingerprint density at radius 3 is 2.44 bits per heavy atom. The van der Waals surface area contributed by atoms with Gasteiger partial charge in [0, 0.05) is 24.2 Å². The second kappa shape index (κ2) is 7.42. The molecule has 1 atom stereocenters. The highest BCUT2D eigenvalue weighted by atomic mass is 19.4. The van der Waals surface area contributed by atoms with Crippen molar-refractivity contribution in [2.24, 2.45) is 0 Å². The van der Waals surface area contributed by atoms with Gasteiger partial charge < -0.3 is 10.2 Å². The first kappa shape index (κ1) is 18.9. The van der Waals surface area contributed by atoms with E-state index in [9.17, 15) is 22.8 Å². The van der Waals surface area contributed by atoms with Crippen LogP contribution in [-0.4, -0.2) is 18.4 Å². The first-order valence-electron chi connectivity index (χ1n) is 8.64. The van der Waals surface area contributed by atoms with Crippen LogP contribution in [0.2, 0.25) is 0 Å². The zero-order valence-electron chi connectivity index (χ0n) is 14.7. The van der Waals surface area contributed by atoms with E-state index >= 15 is 0 Å². The molecule has 2 aromatic carbocycles. The summed E-state index contributed by atoms with van der Waals surface area (Å²) in [4.78, 5) is 25.8. The molecule has 3 rings (SSSR count). The summed E-state index contributed by atoms with van der Waals surface area (Å²) < 4.78 is 38.5. The molecule has 0 bridgehead atoms. The quantitative estimate of drug-likeness (QED) is 0.864. The van der Waals surface area contributed by atoms with Crippen LogP contribution in [-0.2, 0) is 11.0 Å². The second-order valence-corrected chi connectivity index (χ2v) is 6.51. The van der Waals surface area contributed by atoms with Gasteiger partial charge in [0.1, 0.15) is 0 Å². The largest absolute Gasteiger partial charge is 0.416 e. The number of benzene rings is 2. The van der Waals surface area contributed by atoms with Crippen molar-refractivity contribution >= 4 is 17.5 Å². The Hall–Kier alpha value is -2.83. The van der Waals surface area contributed by atoms with Crippen molar-refractivity contribution in [2.45, 2.75) is 32.0 Å². The zero-order chi connectivity index (χ0) is 19.6. The molecule has 0 radical (unpaired) electrons. The third-order valence-corrected chi connectivity index (χ3v) is 4.58. The van der Waals surface area contributed by atoms with Gasteiger partial charge in [-0.2, -0.15) is 13.2 Å². The molecule has 1 saturated heterocycles. The number of nitrogens with zero attached hydrogens (tertiary/aromatic N) is 1. The lowest BCUT2D eigenvalue weighted by Crippen LogP contribution is -2.27. The number of hydrogen-bond acceptors (Lipinski definition) is 2. The van der Waals surface area contributed by atoms with Crippen LogP contribution in [0.3, 0.4) is 0 Å². The summed E-state index contributed by atoms with van der Waals surface area (Å²) in [6.45, 7) is 2.29. The van der Waals surface area contributed by atoms with Gasteiger partial charge in [-0.05, 0) is 55.3 Å². The van der Waals surface area contributed by atoms with Crippen molar-refractivity contribution in [1.82, 2.24) is 5.32 Å². The van der Waals surface area contributed by atoms with E-state index in [1.54, 1.807) is 42.2 Å². The molecule has 1 aliphatic heterocycles. The average Bonchev–Trinajstić information content (AvgIpc) is 3.07. The molecule has 0 aromatic heterocycles. The number of anilines is 1. The Morgan fingerprint density at radius 2 is 1.85 bits per heavy atom. The van der Waals surface area contributed by atoms with Gasteiger partial charge in [0.25, 0.3) is 5.91 Å². The fourth-order valence-corrected chi connectivity index (χ4v) is 3.06. The van der Waals surface area contributed by atoms with Gasteiger partial charge in [0.2, 0.25) is 5.91 Å². The van der Waals surface area contributed by atoms with E-state index in [0.29, 0.717) is 24.1 Å². The molecule has 4 nitrogen and oxygen atoms in total. The van der Waals surface area contributed by atoms with Crippen molar-refractivity contribution in [3.8, 4) is 0 Å². The number of carbonyl (C=O) groups is 2. The molecule has 0 aliphatic carbocycles. The standard InChI is InChI=1S/C20H19F3N2O2/c1-13(15-4-2-5-16(12-15)20(21,22)23)24-19(27)14-7-9-17(10-8-14)25-11-3-6-18(25)26/h2,4-5,7-10,12-13H,3,6,11H2,1H3,(H,24,27)/t13-/m1/s1. The fourth-order valence-electron chi connectivity index (χ4n) is 3.06. The molecule has 0 spiro atoms. The summed E-state index contributed by atoms with van der Waals surface area (Å²) in [5.41, 5.74) is 0.738. The van der Waals surface area contributed by atoms with Crippen LogP contribution >= 0.6 is 0 Å². The Balaban J connectivity index is 1.69. The zero-order valence-corrected chi connectivity index (χ0v) is 14.7. The van der Waals surface area contributed by atoms with Crippen LogP contribution in [0.4, 0.5) is 18.9 Å². The Bertz CT molecular complexity index is 847. The average molecular weight is 376 g/mol. The third-order valence-electron chi connectivity index (χ3n) is 4.58. The van der Waals surface area contributed by atoms with Crippen LogP contribution in [0.1, 0.15) is 47.3 Å². The number of nitrogens with one attached hydrogen (secondary N) is 1. The molecule has 1 heterocycles. The Kier molecular flexibility index (Phi) is 5.21. The molecule has 1 aliphatic rings. The summed E-state index contributed by atoms with van der Waals surface area (Å²) in [6, 6.07) is 10.9. The van der Waals surface area contributed by atoms with E-state index in [1.165, 1.54) is 6.07 Å². The molecule has 142 valence electrons. The highest BCUT2D eigenvalue weighted by molar-refractivity contribution is 5.97. The monoisotopic (exact) mass is 376 g/mol. The summed E-state index contributed by atoms with van der Waals surface area (Å²) in [7, 11) is 0. The minimum absolute atomic E-state index is 0.0605. The lowest BCUT2D eigenvalue weighted by Gasteiger charge is -2.18.